The van der Waals surface area contributed by atoms with Crippen LogP contribution in [0.1, 0.15) is 60.1 Å². The molecule has 4 heterocycles. The maximum atomic E-state index is 6.95. The van der Waals surface area contributed by atoms with Crippen molar-refractivity contribution < 1.29 is 42.4 Å². The second-order valence-corrected chi connectivity index (χ2v) is 50.0. The van der Waals surface area contributed by atoms with Crippen LogP contribution in [0, 0.1) is 0 Å². The zero-order chi connectivity index (χ0) is 43.5. The molecule has 2 aromatic carbocycles. The number of benzene rings is 2. The monoisotopic (exact) mass is 952 g/mol. The molecule has 18 heteroatoms. The molecule has 4 saturated heterocycles. The molecule has 4 aliphatic heterocycles. The minimum atomic E-state index is -2.58. The molecule has 0 aromatic heterocycles. The molecule has 0 radical (unpaired) electrons. The number of rotatable bonds is 14. The summed E-state index contributed by atoms with van der Waals surface area (Å²) in [6, 6.07) is 16.2. The Labute approximate surface area is 365 Å². The number of hydrogen-bond acceptors (Lipinski definition) is 10. The molecule has 6 rings (SSSR count). The molecule has 0 spiro atoms. The predicted octanol–water partition coefficient (Wildman–Crippen LogP) is 10.3. The van der Waals surface area contributed by atoms with Crippen LogP contribution in [0.4, 0.5) is 0 Å². The highest BCUT2D eigenvalue weighted by molar-refractivity contribution is 6.94. The summed E-state index contributed by atoms with van der Waals surface area (Å²) in [7, 11) is -19.6. The number of epoxide rings is 2. The second-order valence-electron chi connectivity index (χ2n) is 21.1. The van der Waals surface area contributed by atoms with E-state index in [9.17, 15) is 0 Å². The maximum Gasteiger partial charge on any atom is 0.317 e. The van der Waals surface area contributed by atoms with Gasteiger partial charge in [-0.25, -0.2) is 0 Å². The van der Waals surface area contributed by atoms with Gasteiger partial charge >= 0.3 is 68.5 Å². The average Bonchev–Trinajstić information content (AvgIpc) is 3.95. The topological polar surface area (TPSA) is 98.9 Å². The zero-order valence-corrected chi connectivity index (χ0v) is 47.3. The van der Waals surface area contributed by atoms with Gasteiger partial charge in [0.25, 0.3) is 0 Å². The largest absolute Gasteiger partial charge is 0.416 e. The summed E-state index contributed by atoms with van der Waals surface area (Å²) in [5, 5.41) is 0. The van der Waals surface area contributed by atoms with E-state index in [4.69, 9.17) is 42.4 Å². The van der Waals surface area contributed by atoms with Crippen LogP contribution in [0.15, 0.2) is 36.4 Å². The molecule has 0 aliphatic carbocycles. The molecule has 4 fully saturated rings. The van der Waals surface area contributed by atoms with Crippen molar-refractivity contribution in [2.75, 3.05) is 13.2 Å². The Balaban J connectivity index is 1.21. The molecule has 4 aliphatic rings. The van der Waals surface area contributed by atoms with Gasteiger partial charge in [-0.05, 0) is 163 Å². The first-order chi connectivity index (χ1) is 27.0. The van der Waals surface area contributed by atoms with Crippen LogP contribution in [-0.4, -0.2) is 93.9 Å². The van der Waals surface area contributed by atoms with Crippen LogP contribution in [0.3, 0.4) is 0 Å². The summed E-state index contributed by atoms with van der Waals surface area (Å²) >= 11 is 0. The van der Waals surface area contributed by atoms with E-state index in [-0.39, 0.29) is 5.41 Å². The van der Waals surface area contributed by atoms with E-state index in [1.54, 1.807) is 0 Å². The highest BCUT2D eigenvalue weighted by Crippen LogP contribution is 2.39. The van der Waals surface area contributed by atoms with Crippen molar-refractivity contribution >= 4 is 68.5 Å². The van der Waals surface area contributed by atoms with Gasteiger partial charge in [-0.2, -0.15) is 0 Å². The van der Waals surface area contributed by atoms with Crippen molar-refractivity contribution in [1.82, 2.24) is 0 Å². The number of ether oxygens (including phenoxy) is 2. The van der Waals surface area contributed by atoms with Gasteiger partial charge in [0.2, 0.25) is 0 Å². The molecule has 332 valence electrons. The van der Waals surface area contributed by atoms with E-state index in [2.05, 4.69) is 142 Å². The van der Waals surface area contributed by atoms with Crippen LogP contribution in [-0.2, 0) is 73.5 Å². The highest BCUT2D eigenvalue weighted by Gasteiger charge is 2.53. The molecular formula is C41H76O10Si8. The summed E-state index contributed by atoms with van der Waals surface area (Å²) in [5.74, 6) is 0. The minimum absolute atomic E-state index is 0.209. The van der Waals surface area contributed by atoms with Gasteiger partial charge in [-0.3, -0.25) is 0 Å². The summed E-state index contributed by atoms with van der Waals surface area (Å²) in [6.45, 7) is 36.6. The zero-order valence-electron chi connectivity index (χ0n) is 39.3. The molecule has 2 atom stereocenters. The molecule has 2 aromatic rings. The summed E-state index contributed by atoms with van der Waals surface area (Å²) in [6.07, 6.45) is 6.43. The van der Waals surface area contributed by atoms with Crippen LogP contribution in [0.2, 0.25) is 104 Å². The van der Waals surface area contributed by atoms with Crippen LogP contribution in [0.25, 0.3) is 0 Å². The third-order valence-electron chi connectivity index (χ3n) is 11.5. The first-order valence-corrected chi connectivity index (χ1v) is 44.0. The molecular weight excluding hydrogens is 877 g/mol. The van der Waals surface area contributed by atoms with Crippen LogP contribution in [0.5, 0.6) is 0 Å². The van der Waals surface area contributed by atoms with Gasteiger partial charge in [0.05, 0.1) is 25.4 Å². The lowest BCUT2D eigenvalue weighted by atomic mass is 9.75. The third kappa shape index (κ3) is 13.9. The third-order valence-corrected chi connectivity index (χ3v) is 44.6. The first kappa shape index (κ1) is 48.2. The molecule has 0 saturated carbocycles. The van der Waals surface area contributed by atoms with Crippen molar-refractivity contribution in [2.45, 2.75) is 174 Å². The van der Waals surface area contributed by atoms with E-state index in [1.165, 1.54) is 33.4 Å². The molecule has 10 nitrogen and oxygen atoms in total. The SMILES string of the molecule is CC(C)(c1ccc(CC2CO2)c(CCC[Si]2(C)O[Si](C)(C)O[Si](C)(C)O[Si](C)(C)O2)c1)c1ccc(CC2CO2)c(CCC[Si]2(C)O[Si](C)(C)O[Si](C)(C)O[Si](C)(C)O2)c1. The minimum Gasteiger partial charge on any atom is -0.416 e. The van der Waals surface area contributed by atoms with Crippen molar-refractivity contribution in [3.05, 3.63) is 69.8 Å². The van der Waals surface area contributed by atoms with Gasteiger partial charge in [0, 0.05) is 18.3 Å². The van der Waals surface area contributed by atoms with E-state index in [1.807, 2.05) is 0 Å². The fourth-order valence-electron chi connectivity index (χ4n) is 9.94. The number of hydrogen-bond donors (Lipinski definition) is 0. The normalized spacial score (nSPS) is 27.5. The molecule has 0 amide bonds. The Morgan fingerprint density at radius 1 is 0.441 bits per heavy atom. The van der Waals surface area contributed by atoms with E-state index >= 15 is 0 Å². The molecule has 0 N–H and O–H groups in total. The van der Waals surface area contributed by atoms with Crippen molar-refractivity contribution in [2.24, 2.45) is 0 Å². The standard InChI is InChI=1S/C41H76O10Si8/c1-41(2,37-23-21-35(29-39-31-42-39)33(27-37)19-17-25-58(15)48-54(7,8)44-52(3,4)45-55(9,10)49-58)38-24-22-36(30-40-32-43-40)34(28-38)20-18-26-59(16)50-56(11,12)46-53(5,6)47-57(13,14)51-59/h21-24,27-28,39-40H,17-20,25-26,29-32H2,1-16H3. The fraction of sp³-hybridized carbons (Fsp3) is 0.707. The fourth-order valence-corrected chi connectivity index (χ4v) is 53.1. The predicted molar refractivity (Wildman–Crippen MR) is 255 cm³/mol. The Morgan fingerprint density at radius 2 is 0.729 bits per heavy atom. The smallest absolute Gasteiger partial charge is 0.317 e. The molecule has 59 heavy (non-hydrogen) atoms. The Hall–Kier alpha value is -0.225. The van der Waals surface area contributed by atoms with E-state index < -0.39 is 68.5 Å². The lowest BCUT2D eigenvalue weighted by Crippen LogP contribution is -2.65. The maximum absolute atomic E-state index is 6.95. The van der Waals surface area contributed by atoms with Gasteiger partial charge in [0.15, 0.2) is 0 Å². The van der Waals surface area contributed by atoms with Crippen LogP contribution >= 0.6 is 0 Å². The summed E-state index contributed by atoms with van der Waals surface area (Å²) < 4.78 is 65.8. The average molecular weight is 954 g/mol. The van der Waals surface area contributed by atoms with Crippen molar-refractivity contribution in [3.63, 3.8) is 0 Å². The van der Waals surface area contributed by atoms with Gasteiger partial charge in [-0.1, -0.05) is 50.2 Å². The van der Waals surface area contributed by atoms with E-state index in [0.29, 0.717) is 12.2 Å². The van der Waals surface area contributed by atoms with Crippen molar-refractivity contribution in [3.8, 4) is 0 Å². The molecule has 2 unspecified atom stereocenters. The first-order valence-electron chi connectivity index (χ1n) is 22.0. The Bertz CT molecular complexity index is 1640. The summed E-state index contributed by atoms with van der Waals surface area (Å²) in [4.78, 5) is 0. The Morgan fingerprint density at radius 3 is 1.02 bits per heavy atom. The quantitative estimate of drug-likeness (QED) is 0.134. The lowest BCUT2D eigenvalue weighted by Gasteiger charge is -2.47. The van der Waals surface area contributed by atoms with E-state index in [0.717, 1.165) is 63.8 Å². The summed E-state index contributed by atoms with van der Waals surface area (Å²) in [5.41, 5.74) is 8.03. The second kappa shape index (κ2) is 17.3. The Kier molecular flexibility index (Phi) is 14.1. The lowest BCUT2D eigenvalue weighted by molar-refractivity contribution is 0.231. The van der Waals surface area contributed by atoms with Gasteiger partial charge in [-0.15, -0.1) is 0 Å². The van der Waals surface area contributed by atoms with Gasteiger partial charge < -0.3 is 42.4 Å². The molecule has 0 bridgehead atoms. The number of aryl methyl sites for hydroxylation is 2. The van der Waals surface area contributed by atoms with Gasteiger partial charge in [0.1, 0.15) is 0 Å². The van der Waals surface area contributed by atoms with Crippen molar-refractivity contribution in [1.29, 1.82) is 0 Å². The van der Waals surface area contributed by atoms with Crippen LogP contribution < -0.4 is 0 Å². The highest BCUT2D eigenvalue weighted by atomic mass is 28.5.